The van der Waals surface area contributed by atoms with E-state index in [1.54, 1.807) is 17.1 Å². The Morgan fingerprint density at radius 3 is 2.88 bits per heavy atom. The number of rotatable bonds is 8. The highest BCUT2D eigenvalue weighted by molar-refractivity contribution is 7.92. The molecular formula is C21H26N4O6S. The summed E-state index contributed by atoms with van der Waals surface area (Å²) in [6.07, 6.45) is 6.26. The van der Waals surface area contributed by atoms with Crippen molar-refractivity contribution in [2.75, 3.05) is 12.9 Å². The summed E-state index contributed by atoms with van der Waals surface area (Å²) in [6.45, 7) is 2.12. The number of hydrogen-bond donors (Lipinski definition) is 1. The summed E-state index contributed by atoms with van der Waals surface area (Å²) in [5.74, 6) is -0.317. The van der Waals surface area contributed by atoms with E-state index in [0.717, 1.165) is 24.6 Å². The highest BCUT2D eigenvalue weighted by Gasteiger charge is 2.44. The maximum absolute atomic E-state index is 12.8. The van der Waals surface area contributed by atoms with Gasteiger partial charge in [-0.05, 0) is 38.3 Å². The van der Waals surface area contributed by atoms with Crippen LogP contribution in [0.5, 0.6) is 0 Å². The molecule has 2 atom stereocenters. The molecule has 3 heterocycles. The number of carbonyl (C=O) groups excluding carboxylic acids is 1. The third-order valence-corrected chi connectivity index (χ3v) is 7.74. The molecule has 11 heteroatoms. The van der Waals surface area contributed by atoms with E-state index >= 15 is 0 Å². The summed E-state index contributed by atoms with van der Waals surface area (Å²) in [5, 5.41) is 4.27. The summed E-state index contributed by atoms with van der Waals surface area (Å²) >= 11 is 0. The molecule has 1 fully saturated rings. The maximum Gasteiger partial charge on any atom is 0.264 e. The lowest BCUT2D eigenvalue weighted by Gasteiger charge is -2.28. The zero-order chi connectivity index (χ0) is 22.8. The molecule has 1 aliphatic rings. The Balaban J connectivity index is 1.43. The molecule has 1 aromatic carbocycles. The van der Waals surface area contributed by atoms with Crippen molar-refractivity contribution in [2.24, 2.45) is 0 Å². The molecular weight excluding hydrogens is 436 g/mol. The first kappa shape index (κ1) is 22.4. The Bertz CT molecular complexity index is 1160. The standard InChI is InChI=1S/C21H26N4O6S/c1-21(32(2,27)28,20(26)24-31-18-9-5-6-12-29-18)10-11-25-14-15(13-22-25)19-23-16-7-3-4-8-17(16)30-19/h3-4,7-8,13-14,18H,5-6,9-12H2,1-2H3,(H,24,26)/t18?,21-/m1/s1. The Kier molecular flexibility index (Phi) is 6.31. The minimum atomic E-state index is -3.75. The van der Waals surface area contributed by atoms with Gasteiger partial charge in [0.05, 0.1) is 11.8 Å². The Morgan fingerprint density at radius 2 is 2.16 bits per heavy atom. The number of hydrogen-bond acceptors (Lipinski definition) is 8. The van der Waals surface area contributed by atoms with Crippen molar-refractivity contribution in [3.63, 3.8) is 0 Å². The minimum Gasteiger partial charge on any atom is -0.436 e. The predicted molar refractivity (Wildman–Crippen MR) is 116 cm³/mol. The molecule has 0 bridgehead atoms. The van der Waals surface area contributed by atoms with Gasteiger partial charge >= 0.3 is 0 Å². The molecule has 2 aromatic heterocycles. The molecule has 3 aromatic rings. The molecule has 10 nitrogen and oxygen atoms in total. The lowest BCUT2D eigenvalue weighted by Crippen LogP contribution is -2.51. The number of hydroxylamine groups is 1. The van der Waals surface area contributed by atoms with Gasteiger partial charge < -0.3 is 9.15 Å². The van der Waals surface area contributed by atoms with E-state index in [2.05, 4.69) is 15.6 Å². The molecule has 0 saturated carbocycles. The topological polar surface area (TPSA) is 126 Å². The summed E-state index contributed by atoms with van der Waals surface area (Å²) in [7, 11) is -3.75. The second-order valence-electron chi connectivity index (χ2n) is 8.08. The van der Waals surface area contributed by atoms with Crippen molar-refractivity contribution in [2.45, 2.75) is 50.2 Å². The number of nitrogens with one attached hydrogen (secondary N) is 1. The van der Waals surface area contributed by atoms with Crippen LogP contribution in [0.15, 0.2) is 41.1 Å². The maximum atomic E-state index is 12.8. The molecule has 1 aliphatic heterocycles. The number of nitrogens with zero attached hydrogens (tertiary/aromatic N) is 3. The lowest BCUT2D eigenvalue weighted by atomic mass is 10.1. The number of aryl methyl sites for hydroxylation is 1. The van der Waals surface area contributed by atoms with E-state index in [0.29, 0.717) is 30.1 Å². The first-order chi connectivity index (χ1) is 15.3. The van der Waals surface area contributed by atoms with E-state index in [9.17, 15) is 13.2 Å². The van der Waals surface area contributed by atoms with Crippen LogP contribution < -0.4 is 5.48 Å². The van der Waals surface area contributed by atoms with Crippen LogP contribution in [0, 0.1) is 0 Å². The average Bonchev–Trinajstić information content (AvgIpc) is 3.42. The fourth-order valence-electron chi connectivity index (χ4n) is 3.42. The Hall–Kier alpha value is -2.76. The van der Waals surface area contributed by atoms with Gasteiger partial charge in [-0.15, -0.1) is 0 Å². The van der Waals surface area contributed by atoms with Gasteiger partial charge in [-0.2, -0.15) is 5.10 Å². The summed E-state index contributed by atoms with van der Waals surface area (Å²) in [5.41, 5.74) is 4.34. The third-order valence-electron chi connectivity index (χ3n) is 5.71. The Labute approximate surface area is 185 Å². The molecule has 1 N–H and O–H groups in total. The van der Waals surface area contributed by atoms with Crippen molar-refractivity contribution >= 4 is 26.8 Å². The molecule has 0 aliphatic carbocycles. The number of ether oxygens (including phenoxy) is 1. The molecule has 4 rings (SSSR count). The van der Waals surface area contributed by atoms with Gasteiger partial charge in [0.15, 0.2) is 26.5 Å². The van der Waals surface area contributed by atoms with Gasteiger partial charge in [-0.3, -0.25) is 9.48 Å². The number of amides is 1. The largest absolute Gasteiger partial charge is 0.436 e. The summed E-state index contributed by atoms with van der Waals surface area (Å²) < 4.78 is 36.0. The van der Waals surface area contributed by atoms with Gasteiger partial charge in [0, 0.05) is 32.0 Å². The zero-order valence-electron chi connectivity index (χ0n) is 18.0. The quantitative estimate of drug-likeness (QED) is 0.506. The van der Waals surface area contributed by atoms with Crippen LogP contribution in [-0.2, 0) is 30.8 Å². The number of para-hydroxylation sites is 2. The van der Waals surface area contributed by atoms with Crippen molar-refractivity contribution in [3.05, 3.63) is 36.7 Å². The van der Waals surface area contributed by atoms with E-state index in [1.807, 2.05) is 24.3 Å². The van der Waals surface area contributed by atoms with Crippen LogP contribution in [-0.4, -0.2) is 53.0 Å². The minimum absolute atomic E-state index is 0.00122. The second-order valence-corrected chi connectivity index (χ2v) is 10.5. The number of sulfone groups is 1. The monoisotopic (exact) mass is 462 g/mol. The predicted octanol–water partition coefficient (Wildman–Crippen LogP) is 2.46. The molecule has 172 valence electrons. The highest BCUT2D eigenvalue weighted by atomic mass is 32.2. The Morgan fingerprint density at radius 1 is 1.34 bits per heavy atom. The van der Waals surface area contributed by atoms with E-state index in [4.69, 9.17) is 14.0 Å². The molecule has 32 heavy (non-hydrogen) atoms. The van der Waals surface area contributed by atoms with Crippen LogP contribution in [0.4, 0.5) is 0 Å². The smallest absolute Gasteiger partial charge is 0.264 e. The van der Waals surface area contributed by atoms with Crippen LogP contribution in [0.3, 0.4) is 0 Å². The summed E-state index contributed by atoms with van der Waals surface area (Å²) in [4.78, 5) is 22.5. The fourth-order valence-corrected chi connectivity index (χ4v) is 4.26. The fraction of sp³-hybridized carbons (Fsp3) is 0.476. The van der Waals surface area contributed by atoms with Crippen molar-refractivity contribution in [1.29, 1.82) is 0 Å². The number of carbonyl (C=O) groups is 1. The van der Waals surface area contributed by atoms with Crippen molar-refractivity contribution < 1.29 is 27.2 Å². The van der Waals surface area contributed by atoms with Crippen molar-refractivity contribution in [3.8, 4) is 11.5 Å². The number of benzene rings is 1. The molecule has 1 amide bonds. The van der Waals surface area contributed by atoms with Crippen LogP contribution in [0.1, 0.15) is 32.6 Å². The molecule has 0 spiro atoms. The number of fused-ring (bicyclic) bond motifs is 1. The average molecular weight is 463 g/mol. The van der Waals surface area contributed by atoms with Gasteiger partial charge in [0.1, 0.15) is 5.52 Å². The van der Waals surface area contributed by atoms with Crippen LogP contribution >= 0.6 is 0 Å². The number of oxazole rings is 1. The van der Waals surface area contributed by atoms with E-state index in [-0.39, 0.29) is 13.0 Å². The van der Waals surface area contributed by atoms with Crippen LogP contribution in [0.25, 0.3) is 22.6 Å². The molecule has 0 radical (unpaired) electrons. The summed E-state index contributed by atoms with van der Waals surface area (Å²) in [6, 6.07) is 7.41. The normalized spacial score (nSPS) is 19.0. The lowest BCUT2D eigenvalue weighted by molar-refractivity contribution is -0.201. The van der Waals surface area contributed by atoms with Gasteiger partial charge in [0.2, 0.25) is 5.89 Å². The zero-order valence-corrected chi connectivity index (χ0v) is 18.8. The van der Waals surface area contributed by atoms with E-state index in [1.165, 1.54) is 6.92 Å². The first-order valence-corrected chi connectivity index (χ1v) is 12.3. The van der Waals surface area contributed by atoms with E-state index < -0.39 is 26.8 Å². The van der Waals surface area contributed by atoms with Crippen molar-refractivity contribution in [1.82, 2.24) is 20.2 Å². The van der Waals surface area contributed by atoms with Gasteiger partial charge in [-0.1, -0.05) is 12.1 Å². The molecule has 1 saturated heterocycles. The number of aromatic nitrogens is 3. The molecule has 1 unspecified atom stereocenters. The SMILES string of the molecule is C[C@@](CCn1cc(-c2nc3ccccc3o2)cn1)(C(=O)NOC1CCCCO1)S(C)(=O)=O. The third kappa shape index (κ3) is 4.69. The first-order valence-electron chi connectivity index (χ1n) is 10.4. The van der Waals surface area contributed by atoms with Gasteiger partial charge in [-0.25, -0.2) is 23.7 Å². The second kappa shape index (κ2) is 9.00. The van der Waals surface area contributed by atoms with Crippen LogP contribution in [0.2, 0.25) is 0 Å². The highest BCUT2D eigenvalue weighted by Crippen LogP contribution is 2.26. The van der Waals surface area contributed by atoms with Gasteiger partial charge in [0.25, 0.3) is 5.91 Å².